The van der Waals surface area contributed by atoms with E-state index in [0.29, 0.717) is 5.92 Å². The third kappa shape index (κ3) is 4.95. The minimum Gasteiger partial charge on any atom is -0.383 e. The van der Waals surface area contributed by atoms with Crippen LogP contribution in [0.4, 0.5) is 0 Å². The van der Waals surface area contributed by atoms with Crippen LogP contribution >= 0.6 is 0 Å². The van der Waals surface area contributed by atoms with Crippen LogP contribution in [0.25, 0.3) is 0 Å². The Kier molecular flexibility index (Phi) is 5.36. The van der Waals surface area contributed by atoms with Gasteiger partial charge in [0.1, 0.15) is 0 Å². The van der Waals surface area contributed by atoms with Gasteiger partial charge in [-0.25, -0.2) is 0 Å². The number of hydrogen-bond acceptors (Lipinski definition) is 3. The maximum atomic E-state index is 4.97. The predicted molar refractivity (Wildman–Crippen MR) is 60.8 cm³/mol. The van der Waals surface area contributed by atoms with E-state index in [1.54, 1.807) is 7.11 Å². The first-order valence-corrected chi connectivity index (χ1v) is 5.39. The van der Waals surface area contributed by atoms with Crippen molar-refractivity contribution in [2.45, 2.75) is 13.3 Å². The van der Waals surface area contributed by atoms with Crippen molar-refractivity contribution in [2.75, 3.05) is 26.8 Å². The average Bonchev–Trinajstić information content (AvgIpc) is 2.59. The van der Waals surface area contributed by atoms with Gasteiger partial charge in [0.15, 0.2) is 0 Å². The Morgan fingerprint density at radius 2 is 2.40 bits per heavy atom. The van der Waals surface area contributed by atoms with Crippen LogP contribution in [0, 0.1) is 5.92 Å². The molecule has 1 aromatic rings. The minimum absolute atomic E-state index is 0.631. The molecule has 0 amide bonds. The van der Waals surface area contributed by atoms with Gasteiger partial charge in [-0.05, 0) is 24.4 Å². The largest absolute Gasteiger partial charge is 0.383 e. The minimum atomic E-state index is 0.631. The van der Waals surface area contributed by atoms with Crippen LogP contribution in [0.3, 0.4) is 0 Å². The molecule has 4 nitrogen and oxygen atoms in total. The first-order chi connectivity index (χ1) is 7.22. The first-order valence-electron chi connectivity index (χ1n) is 5.39. The highest BCUT2D eigenvalue weighted by Gasteiger charge is 2.04. The van der Waals surface area contributed by atoms with Crippen LogP contribution in [0.2, 0.25) is 0 Å². The number of methoxy groups -OCH3 is 1. The van der Waals surface area contributed by atoms with Crippen molar-refractivity contribution in [2.24, 2.45) is 13.0 Å². The molecule has 4 heteroatoms. The van der Waals surface area contributed by atoms with E-state index < -0.39 is 0 Å². The number of aromatic nitrogens is 2. The van der Waals surface area contributed by atoms with Crippen LogP contribution < -0.4 is 5.32 Å². The Balaban J connectivity index is 2.15. The highest BCUT2D eigenvalue weighted by Crippen LogP contribution is 2.05. The van der Waals surface area contributed by atoms with Crippen LogP contribution in [0.1, 0.15) is 12.5 Å². The molecule has 0 bridgehead atoms. The lowest BCUT2D eigenvalue weighted by Gasteiger charge is -2.10. The molecular weight excluding hydrogens is 190 g/mol. The zero-order chi connectivity index (χ0) is 11.1. The third-order valence-electron chi connectivity index (χ3n) is 2.32. The van der Waals surface area contributed by atoms with E-state index in [9.17, 15) is 0 Å². The monoisotopic (exact) mass is 211 g/mol. The topological polar surface area (TPSA) is 39.1 Å². The highest BCUT2D eigenvalue weighted by molar-refractivity contribution is 5.04. The van der Waals surface area contributed by atoms with Gasteiger partial charge in [0.05, 0.1) is 12.8 Å². The van der Waals surface area contributed by atoms with Crippen molar-refractivity contribution < 1.29 is 4.74 Å². The van der Waals surface area contributed by atoms with Crippen LogP contribution in [0.5, 0.6) is 0 Å². The van der Waals surface area contributed by atoms with Gasteiger partial charge in [-0.2, -0.15) is 5.10 Å². The van der Waals surface area contributed by atoms with Gasteiger partial charge >= 0.3 is 0 Å². The van der Waals surface area contributed by atoms with Crippen molar-refractivity contribution in [1.29, 1.82) is 0 Å². The van der Waals surface area contributed by atoms with E-state index >= 15 is 0 Å². The van der Waals surface area contributed by atoms with E-state index in [-0.39, 0.29) is 0 Å². The summed E-state index contributed by atoms with van der Waals surface area (Å²) < 4.78 is 6.82. The molecule has 1 heterocycles. The van der Waals surface area contributed by atoms with Crippen LogP contribution in [0.15, 0.2) is 12.4 Å². The summed E-state index contributed by atoms with van der Waals surface area (Å²) in [5.41, 5.74) is 1.30. The summed E-state index contributed by atoms with van der Waals surface area (Å²) in [7, 11) is 3.67. The molecule has 15 heavy (non-hydrogen) atoms. The van der Waals surface area contributed by atoms with Crippen LogP contribution in [-0.4, -0.2) is 36.6 Å². The summed E-state index contributed by atoms with van der Waals surface area (Å²) in [5, 5.41) is 7.52. The number of ether oxygens (including phenoxy) is 1. The quantitative estimate of drug-likeness (QED) is 0.679. The van der Waals surface area contributed by atoms with Crippen molar-refractivity contribution in [1.82, 2.24) is 15.1 Å². The van der Waals surface area contributed by atoms with Gasteiger partial charge in [-0.3, -0.25) is 4.68 Å². The zero-order valence-electron chi connectivity index (χ0n) is 9.86. The number of nitrogens with one attached hydrogen (secondary N) is 1. The molecule has 1 N–H and O–H groups in total. The van der Waals surface area contributed by atoms with Gasteiger partial charge in [-0.15, -0.1) is 0 Å². The van der Waals surface area contributed by atoms with Crippen molar-refractivity contribution in [3.8, 4) is 0 Å². The molecule has 1 unspecified atom stereocenters. The highest BCUT2D eigenvalue weighted by atomic mass is 16.5. The number of nitrogens with zero attached hydrogens (tertiary/aromatic N) is 2. The normalized spacial score (nSPS) is 13.0. The van der Waals surface area contributed by atoms with E-state index in [2.05, 4.69) is 23.5 Å². The van der Waals surface area contributed by atoms with E-state index in [1.807, 2.05) is 17.9 Å². The Bertz CT molecular complexity index is 273. The smallest absolute Gasteiger partial charge is 0.0587 e. The summed E-state index contributed by atoms with van der Waals surface area (Å²) in [4.78, 5) is 0. The second-order valence-corrected chi connectivity index (χ2v) is 4.03. The maximum absolute atomic E-state index is 4.97. The molecule has 1 atom stereocenters. The molecule has 0 spiro atoms. The number of hydrogen-bond donors (Lipinski definition) is 1. The zero-order valence-corrected chi connectivity index (χ0v) is 9.86. The molecule has 0 aliphatic rings. The second-order valence-electron chi connectivity index (χ2n) is 4.03. The van der Waals surface area contributed by atoms with Gasteiger partial charge in [-0.1, -0.05) is 6.92 Å². The standard InChI is InChI=1S/C11H21N3O/c1-10(7-12-4-5-15-3)6-11-8-13-14(2)9-11/h8-10,12H,4-7H2,1-3H3. The molecule has 0 aliphatic carbocycles. The maximum Gasteiger partial charge on any atom is 0.0587 e. The molecule has 1 aromatic heterocycles. The summed E-state index contributed by atoms with van der Waals surface area (Å²) in [6, 6.07) is 0. The molecule has 0 radical (unpaired) electrons. The van der Waals surface area contributed by atoms with Crippen LogP contribution in [-0.2, 0) is 18.2 Å². The second kappa shape index (κ2) is 6.58. The molecule has 1 rings (SSSR count). The molecule has 0 saturated heterocycles. The fraction of sp³-hybridized carbons (Fsp3) is 0.727. The van der Waals surface area contributed by atoms with E-state index in [4.69, 9.17) is 4.74 Å². The molecular formula is C11H21N3O. The number of rotatable bonds is 7. The van der Waals surface area contributed by atoms with Crippen molar-refractivity contribution >= 4 is 0 Å². The first kappa shape index (κ1) is 12.2. The van der Waals surface area contributed by atoms with Gasteiger partial charge in [0, 0.05) is 26.9 Å². The molecule has 86 valence electrons. The molecule has 0 fully saturated rings. The summed E-state index contributed by atoms with van der Waals surface area (Å²) >= 11 is 0. The number of aryl methyl sites for hydroxylation is 1. The summed E-state index contributed by atoms with van der Waals surface area (Å²) in [6.07, 6.45) is 5.09. The van der Waals surface area contributed by atoms with Gasteiger partial charge < -0.3 is 10.1 Å². The third-order valence-corrected chi connectivity index (χ3v) is 2.32. The van der Waals surface area contributed by atoms with Crippen molar-refractivity contribution in [3.63, 3.8) is 0 Å². The van der Waals surface area contributed by atoms with E-state index in [0.717, 1.165) is 26.1 Å². The molecule has 0 aliphatic heterocycles. The molecule has 0 saturated carbocycles. The predicted octanol–water partition coefficient (Wildman–Crippen LogP) is 0.835. The Morgan fingerprint density at radius 3 is 3.00 bits per heavy atom. The Hall–Kier alpha value is -0.870. The fourth-order valence-corrected chi connectivity index (χ4v) is 1.57. The summed E-state index contributed by atoms with van der Waals surface area (Å²) in [6.45, 7) is 4.97. The Morgan fingerprint density at radius 1 is 1.60 bits per heavy atom. The Labute approximate surface area is 91.6 Å². The average molecular weight is 211 g/mol. The van der Waals surface area contributed by atoms with Gasteiger partial charge in [0.25, 0.3) is 0 Å². The lowest BCUT2D eigenvalue weighted by molar-refractivity contribution is 0.198. The summed E-state index contributed by atoms with van der Waals surface area (Å²) in [5.74, 6) is 0.631. The van der Waals surface area contributed by atoms with Crippen molar-refractivity contribution in [3.05, 3.63) is 18.0 Å². The SMILES string of the molecule is COCCNCC(C)Cc1cnn(C)c1. The van der Waals surface area contributed by atoms with E-state index in [1.165, 1.54) is 5.56 Å². The molecule has 0 aromatic carbocycles. The fourth-order valence-electron chi connectivity index (χ4n) is 1.57. The lowest BCUT2D eigenvalue weighted by atomic mass is 10.0. The lowest BCUT2D eigenvalue weighted by Crippen LogP contribution is -2.25. The van der Waals surface area contributed by atoms with Gasteiger partial charge in [0.2, 0.25) is 0 Å².